The Morgan fingerprint density at radius 3 is 2.29 bits per heavy atom. The highest BCUT2D eigenvalue weighted by atomic mass is 35.5. The van der Waals surface area contributed by atoms with E-state index in [0.29, 0.717) is 5.56 Å². The van der Waals surface area contributed by atoms with Crippen LogP contribution in [0.5, 0.6) is 5.75 Å². The van der Waals surface area contributed by atoms with E-state index < -0.39 is 17.8 Å². The van der Waals surface area contributed by atoms with Crippen molar-refractivity contribution in [3.63, 3.8) is 0 Å². The van der Waals surface area contributed by atoms with Gasteiger partial charge in [0, 0.05) is 5.56 Å². The number of aliphatic hydroxyl groups excluding tert-OH is 1. The zero-order valence-electron chi connectivity index (χ0n) is 11.0. The summed E-state index contributed by atoms with van der Waals surface area (Å²) in [6, 6.07) is 10.1. The molecule has 2 aromatic rings. The Balaban J connectivity index is 2.54. The van der Waals surface area contributed by atoms with Gasteiger partial charge in [0.25, 0.3) is 0 Å². The number of hydrogen-bond acceptors (Lipinski definition) is 2. The summed E-state index contributed by atoms with van der Waals surface area (Å²) in [5, 5.41) is 10.1. The Morgan fingerprint density at radius 1 is 1.14 bits per heavy atom. The van der Waals surface area contributed by atoms with Crippen LogP contribution in [0, 0.1) is 0 Å². The number of hydrogen-bond donors (Lipinski definition) is 1. The first kappa shape index (κ1) is 15.7. The smallest absolute Gasteiger partial charge is 0.416 e. The van der Waals surface area contributed by atoms with Crippen LogP contribution < -0.4 is 4.74 Å². The van der Waals surface area contributed by atoms with Crippen molar-refractivity contribution in [2.45, 2.75) is 12.3 Å². The van der Waals surface area contributed by atoms with Gasteiger partial charge in [0.05, 0.1) is 17.7 Å². The largest absolute Gasteiger partial charge is 0.496 e. The maximum absolute atomic E-state index is 12.8. The van der Waals surface area contributed by atoms with Gasteiger partial charge >= 0.3 is 6.18 Å². The van der Waals surface area contributed by atoms with Crippen LogP contribution in [-0.2, 0) is 6.18 Å². The lowest BCUT2D eigenvalue weighted by molar-refractivity contribution is -0.137. The van der Waals surface area contributed by atoms with Crippen LogP contribution in [0.4, 0.5) is 13.2 Å². The third kappa shape index (κ3) is 3.31. The minimum Gasteiger partial charge on any atom is -0.496 e. The predicted molar refractivity (Wildman–Crippen MR) is 73.5 cm³/mol. The molecule has 1 N–H and O–H groups in total. The number of methoxy groups -OCH3 is 1. The highest BCUT2D eigenvalue weighted by Crippen LogP contribution is 2.41. The maximum atomic E-state index is 12.8. The second-order valence-electron chi connectivity index (χ2n) is 4.38. The van der Waals surface area contributed by atoms with E-state index in [-0.39, 0.29) is 16.3 Å². The molecule has 0 aromatic heterocycles. The summed E-state index contributed by atoms with van der Waals surface area (Å²) in [4.78, 5) is 0. The number of halogens is 4. The molecule has 0 aliphatic carbocycles. The van der Waals surface area contributed by atoms with Crippen molar-refractivity contribution < 1.29 is 23.0 Å². The minimum absolute atomic E-state index is 0.105. The standard InChI is InChI=1S/C15H12ClF3O2/c1-21-12-8-10(15(17,18)19)7-11(16)13(12)14(20)9-5-3-2-4-6-9/h2-8,14,20H,1H3. The fourth-order valence-corrected chi connectivity index (χ4v) is 2.31. The highest BCUT2D eigenvalue weighted by Gasteiger charge is 2.33. The third-order valence-corrected chi connectivity index (χ3v) is 3.34. The Hall–Kier alpha value is -1.72. The van der Waals surface area contributed by atoms with Crippen LogP contribution in [-0.4, -0.2) is 12.2 Å². The molecule has 1 unspecified atom stereocenters. The fraction of sp³-hybridized carbons (Fsp3) is 0.200. The van der Waals surface area contributed by atoms with E-state index in [0.717, 1.165) is 12.1 Å². The van der Waals surface area contributed by atoms with Gasteiger partial charge in [0.15, 0.2) is 0 Å². The van der Waals surface area contributed by atoms with Crippen molar-refractivity contribution in [2.75, 3.05) is 7.11 Å². The van der Waals surface area contributed by atoms with Gasteiger partial charge in [-0.25, -0.2) is 0 Å². The second kappa shape index (κ2) is 5.95. The quantitative estimate of drug-likeness (QED) is 0.906. The van der Waals surface area contributed by atoms with Crippen molar-refractivity contribution >= 4 is 11.6 Å². The highest BCUT2D eigenvalue weighted by molar-refractivity contribution is 6.31. The minimum atomic E-state index is -4.53. The van der Waals surface area contributed by atoms with Crippen LogP contribution in [0.3, 0.4) is 0 Å². The molecule has 0 saturated heterocycles. The van der Waals surface area contributed by atoms with Gasteiger partial charge in [-0.15, -0.1) is 0 Å². The fourth-order valence-electron chi connectivity index (χ4n) is 1.99. The van der Waals surface area contributed by atoms with Gasteiger partial charge in [-0.05, 0) is 17.7 Å². The van der Waals surface area contributed by atoms with Crippen molar-refractivity contribution in [1.29, 1.82) is 0 Å². The van der Waals surface area contributed by atoms with Crippen LogP contribution in [0.1, 0.15) is 22.8 Å². The first-order chi connectivity index (χ1) is 9.84. The third-order valence-electron chi connectivity index (χ3n) is 3.03. The second-order valence-corrected chi connectivity index (χ2v) is 4.79. The van der Waals surface area contributed by atoms with Gasteiger partial charge in [-0.3, -0.25) is 0 Å². The Bertz CT molecular complexity index is 627. The van der Waals surface area contributed by atoms with Gasteiger partial charge in [0.1, 0.15) is 11.9 Å². The Morgan fingerprint density at radius 2 is 1.76 bits per heavy atom. The molecule has 0 heterocycles. The molecular formula is C15H12ClF3O2. The maximum Gasteiger partial charge on any atom is 0.416 e. The first-order valence-electron chi connectivity index (χ1n) is 6.02. The van der Waals surface area contributed by atoms with Crippen molar-refractivity contribution in [2.24, 2.45) is 0 Å². The number of aliphatic hydroxyl groups is 1. The van der Waals surface area contributed by atoms with Gasteiger partial charge in [0.2, 0.25) is 0 Å². The SMILES string of the molecule is COc1cc(C(F)(F)F)cc(Cl)c1C(O)c1ccccc1. The van der Waals surface area contributed by atoms with Crippen LogP contribution in [0.15, 0.2) is 42.5 Å². The van der Waals surface area contributed by atoms with Crippen molar-refractivity contribution in [3.8, 4) is 5.75 Å². The average Bonchev–Trinajstić information content (AvgIpc) is 2.45. The summed E-state index contributed by atoms with van der Waals surface area (Å²) in [5.74, 6) is -0.105. The van der Waals surface area contributed by atoms with Crippen molar-refractivity contribution in [3.05, 3.63) is 64.2 Å². The van der Waals surface area contributed by atoms with Crippen molar-refractivity contribution in [1.82, 2.24) is 0 Å². The molecule has 21 heavy (non-hydrogen) atoms. The summed E-state index contributed by atoms with van der Waals surface area (Å²) in [6.07, 6.45) is -5.71. The number of alkyl halides is 3. The molecule has 112 valence electrons. The number of rotatable bonds is 3. The van der Waals surface area contributed by atoms with Crippen LogP contribution >= 0.6 is 11.6 Å². The van der Waals surface area contributed by atoms with E-state index in [4.69, 9.17) is 16.3 Å². The molecule has 1 atom stereocenters. The monoisotopic (exact) mass is 316 g/mol. The molecular weight excluding hydrogens is 305 g/mol. The first-order valence-corrected chi connectivity index (χ1v) is 6.40. The lowest BCUT2D eigenvalue weighted by Crippen LogP contribution is -2.09. The molecule has 0 saturated carbocycles. The lowest BCUT2D eigenvalue weighted by Gasteiger charge is -2.19. The predicted octanol–water partition coefficient (Wildman–Crippen LogP) is 4.45. The van der Waals surface area contributed by atoms with E-state index >= 15 is 0 Å². The Kier molecular flexibility index (Phi) is 4.44. The topological polar surface area (TPSA) is 29.5 Å². The average molecular weight is 317 g/mol. The molecule has 2 aromatic carbocycles. The summed E-state index contributed by atoms with van der Waals surface area (Å²) >= 11 is 5.92. The van der Waals surface area contributed by atoms with Crippen LogP contribution in [0.25, 0.3) is 0 Å². The molecule has 6 heteroatoms. The normalized spacial score (nSPS) is 13.0. The summed E-state index contributed by atoms with van der Waals surface area (Å²) < 4.78 is 43.2. The Labute approximate surface area is 124 Å². The molecule has 0 aliphatic heterocycles. The van der Waals surface area contributed by atoms with E-state index in [2.05, 4.69) is 0 Å². The molecule has 0 aliphatic rings. The van der Waals surface area contributed by atoms with E-state index in [1.165, 1.54) is 7.11 Å². The summed E-state index contributed by atoms with van der Waals surface area (Å²) in [6.45, 7) is 0. The molecule has 0 amide bonds. The number of benzene rings is 2. The van der Waals surface area contributed by atoms with E-state index in [1.807, 2.05) is 0 Å². The zero-order valence-corrected chi connectivity index (χ0v) is 11.7. The zero-order chi connectivity index (χ0) is 15.6. The molecule has 0 fully saturated rings. The number of ether oxygens (including phenoxy) is 1. The van der Waals surface area contributed by atoms with E-state index in [9.17, 15) is 18.3 Å². The van der Waals surface area contributed by atoms with Gasteiger partial charge < -0.3 is 9.84 Å². The molecule has 0 radical (unpaired) electrons. The van der Waals surface area contributed by atoms with E-state index in [1.54, 1.807) is 30.3 Å². The van der Waals surface area contributed by atoms with Gasteiger partial charge in [-0.2, -0.15) is 13.2 Å². The lowest BCUT2D eigenvalue weighted by atomic mass is 9.99. The molecule has 2 rings (SSSR count). The summed E-state index contributed by atoms with van der Waals surface area (Å²) in [7, 11) is 1.23. The molecule has 2 nitrogen and oxygen atoms in total. The molecule has 0 bridgehead atoms. The van der Waals surface area contributed by atoms with Gasteiger partial charge in [-0.1, -0.05) is 41.9 Å². The van der Waals surface area contributed by atoms with Crippen LogP contribution in [0.2, 0.25) is 5.02 Å². The molecule has 0 spiro atoms. The summed E-state index contributed by atoms with van der Waals surface area (Å²) in [5.41, 5.74) is -0.302.